The first-order valence-electron chi connectivity index (χ1n) is 8.76. The number of aliphatic carboxylic acids is 2. The molecule has 8 heteroatoms. The average molecular weight is 403 g/mol. The molecule has 1 aliphatic heterocycles. The maximum atomic E-state index is 11.7. The van der Waals surface area contributed by atoms with E-state index in [9.17, 15) is 14.7 Å². The molecule has 1 aromatic heterocycles. The molecule has 0 spiro atoms. The van der Waals surface area contributed by atoms with Crippen LogP contribution < -0.4 is 10.1 Å². The highest BCUT2D eigenvalue weighted by Crippen LogP contribution is 2.28. The van der Waals surface area contributed by atoms with Crippen LogP contribution in [0, 0.1) is 0 Å². The average Bonchev–Trinajstić information content (AvgIpc) is 3.19. The Balaban J connectivity index is 1.85. The van der Waals surface area contributed by atoms with E-state index in [0.29, 0.717) is 24.8 Å². The summed E-state index contributed by atoms with van der Waals surface area (Å²) in [7, 11) is 0. The Hall–Kier alpha value is -2.68. The van der Waals surface area contributed by atoms with E-state index in [2.05, 4.69) is 5.32 Å². The van der Waals surface area contributed by atoms with Crippen molar-refractivity contribution in [2.45, 2.75) is 12.0 Å². The van der Waals surface area contributed by atoms with Crippen LogP contribution in [-0.4, -0.2) is 54.1 Å². The summed E-state index contributed by atoms with van der Waals surface area (Å²) in [4.78, 5) is 24.1. The van der Waals surface area contributed by atoms with Gasteiger partial charge in [-0.2, -0.15) is 0 Å². The van der Waals surface area contributed by atoms with E-state index in [1.807, 2.05) is 41.8 Å². The summed E-state index contributed by atoms with van der Waals surface area (Å²) in [5.74, 6) is -2.07. The number of benzene rings is 1. The number of rotatable bonds is 8. The van der Waals surface area contributed by atoms with Gasteiger partial charge in [-0.3, -0.25) is 0 Å². The molecule has 0 saturated carbocycles. The highest BCUT2D eigenvalue weighted by Gasteiger charge is 2.42. The molecule has 148 valence electrons. The number of carboxylic acids is 2. The molecule has 2 heterocycles. The van der Waals surface area contributed by atoms with Crippen molar-refractivity contribution in [3.63, 3.8) is 0 Å². The number of hydrogen-bond acceptors (Lipinski definition) is 6. The van der Waals surface area contributed by atoms with Gasteiger partial charge in [0.25, 0.3) is 0 Å². The predicted octanol–water partition coefficient (Wildman–Crippen LogP) is 2.17. The van der Waals surface area contributed by atoms with Crippen molar-refractivity contribution >= 4 is 23.3 Å². The van der Waals surface area contributed by atoms with Crippen LogP contribution in [0.2, 0.25) is 0 Å². The van der Waals surface area contributed by atoms with Crippen LogP contribution in [0.3, 0.4) is 0 Å². The van der Waals surface area contributed by atoms with Crippen molar-refractivity contribution in [2.24, 2.45) is 0 Å². The largest absolute Gasteiger partial charge is 0.490 e. The number of para-hydroxylation sites is 1. The van der Waals surface area contributed by atoms with Gasteiger partial charge in [0, 0.05) is 30.5 Å². The van der Waals surface area contributed by atoms with E-state index in [1.165, 1.54) is 4.88 Å². The number of thiophene rings is 1. The first-order chi connectivity index (χ1) is 13.5. The zero-order chi connectivity index (χ0) is 20.0. The van der Waals surface area contributed by atoms with E-state index in [4.69, 9.17) is 14.6 Å². The lowest BCUT2D eigenvalue weighted by Gasteiger charge is -2.37. The summed E-state index contributed by atoms with van der Waals surface area (Å²) in [5, 5.41) is 23.7. The van der Waals surface area contributed by atoms with Gasteiger partial charge < -0.3 is 25.0 Å². The van der Waals surface area contributed by atoms with Gasteiger partial charge in [-0.25, -0.2) is 9.59 Å². The predicted molar refractivity (Wildman–Crippen MR) is 104 cm³/mol. The fourth-order valence-electron chi connectivity index (χ4n) is 3.10. The molecule has 1 fully saturated rings. The molecule has 0 aliphatic carbocycles. The van der Waals surface area contributed by atoms with Crippen LogP contribution >= 0.6 is 11.3 Å². The van der Waals surface area contributed by atoms with Crippen LogP contribution in [0.1, 0.15) is 10.4 Å². The molecule has 7 nitrogen and oxygen atoms in total. The third-order valence-corrected chi connectivity index (χ3v) is 5.31. The minimum Gasteiger partial charge on any atom is -0.490 e. The van der Waals surface area contributed by atoms with Gasteiger partial charge in [0.2, 0.25) is 0 Å². The lowest BCUT2D eigenvalue weighted by Crippen LogP contribution is -2.56. The second kappa shape index (κ2) is 9.01. The van der Waals surface area contributed by atoms with Gasteiger partial charge in [0.05, 0.1) is 12.2 Å². The molecule has 0 amide bonds. The Morgan fingerprint density at radius 1 is 1.25 bits per heavy atom. The number of ether oxygens (including phenoxy) is 2. The van der Waals surface area contributed by atoms with Crippen molar-refractivity contribution < 1.29 is 29.3 Å². The molecule has 1 atom stereocenters. The smallest absolute Gasteiger partial charge is 0.334 e. The quantitative estimate of drug-likeness (QED) is 0.580. The summed E-state index contributed by atoms with van der Waals surface area (Å²) in [6.45, 7) is 0.833. The van der Waals surface area contributed by atoms with Crippen molar-refractivity contribution in [3.05, 3.63) is 63.9 Å². The fourth-order valence-corrected chi connectivity index (χ4v) is 3.83. The zero-order valence-electron chi connectivity index (χ0n) is 15.1. The SMILES string of the molecule is O=C(O)/C=C(/C(=O)O)C1(COc2ccccc2Cc2cccs2)CNCCO1. The van der Waals surface area contributed by atoms with Gasteiger partial charge in [-0.1, -0.05) is 24.3 Å². The summed E-state index contributed by atoms with van der Waals surface area (Å²) in [6, 6.07) is 11.5. The minimum atomic E-state index is -1.39. The summed E-state index contributed by atoms with van der Waals surface area (Å²) in [5.41, 5.74) is -0.774. The molecule has 0 radical (unpaired) electrons. The first-order valence-corrected chi connectivity index (χ1v) is 9.64. The Morgan fingerprint density at radius 3 is 2.71 bits per heavy atom. The molecule has 0 bridgehead atoms. The monoisotopic (exact) mass is 403 g/mol. The third kappa shape index (κ3) is 4.78. The van der Waals surface area contributed by atoms with E-state index in [0.717, 1.165) is 5.56 Å². The normalized spacial score (nSPS) is 19.9. The van der Waals surface area contributed by atoms with Crippen LogP contribution in [0.15, 0.2) is 53.4 Å². The standard InChI is InChI=1S/C20H21NO6S/c22-18(23)11-16(19(24)25)20(12-21-7-8-27-20)13-26-17-6-2-1-4-14(17)10-15-5-3-9-28-15/h1-6,9,11,21H,7-8,10,12-13H2,(H,22,23)(H,24,25)/b16-11-. The van der Waals surface area contributed by atoms with Crippen molar-refractivity contribution in [2.75, 3.05) is 26.3 Å². The molecule has 3 rings (SSSR count). The van der Waals surface area contributed by atoms with Gasteiger partial charge in [0.1, 0.15) is 18.0 Å². The van der Waals surface area contributed by atoms with E-state index >= 15 is 0 Å². The molecular formula is C20H21NO6S. The number of carboxylic acid groups (broad SMARTS) is 2. The number of morpholine rings is 1. The molecule has 1 aromatic carbocycles. The maximum absolute atomic E-state index is 11.7. The lowest BCUT2D eigenvalue weighted by molar-refractivity contribution is -0.140. The van der Waals surface area contributed by atoms with Gasteiger partial charge in [0.15, 0.2) is 0 Å². The molecular weight excluding hydrogens is 382 g/mol. The first kappa shape index (κ1) is 20.1. The van der Waals surface area contributed by atoms with Gasteiger partial charge >= 0.3 is 11.9 Å². The summed E-state index contributed by atoms with van der Waals surface area (Å²) >= 11 is 1.65. The van der Waals surface area contributed by atoms with Gasteiger partial charge in [-0.15, -0.1) is 11.3 Å². The van der Waals surface area contributed by atoms with Gasteiger partial charge in [-0.05, 0) is 23.1 Å². The molecule has 1 unspecified atom stereocenters. The number of hydrogen-bond donors (Lipinski definition) is 3. The molecule has 2 aromatic rings. The summed E-state index contributed by atoms with van der Waals surface area (Å²) in [6.07, 6.45) is 1.37. The van der Waals surface area contributed by atoms with Crippen LogP contribution in [0.4, 0.5) is 0 Å². The minimum absolute atomic E-state index is 0.118. The van der Waals surface area contributed by atoms with E-state index < -0.39 is 17.5 Å². The van der Waals surface area contributed by atoms with Crippen molar-refractivity contribution in [1.82, 2.24) is 5.32 Å². The second-order valence-electron chi connectivity index (χ2n) is 6.37. The number of carbonyl (C=O) groups is 2. The molecule has 1 aliphatic rings. The lowest BCUT2D eigenvalue weighted by atomic mass is 9.92. The van der Waals surface area contributed by atoms with E-state index in [1.54, 1.807) is 11.3 Å². The van der Waals surface area contributed by atoms with Crippen molar-refractivity contribution in [3.8, 4) is 5.75 Å². The molecule has 1 saturated heterocycles. The van der Waals surface area contributed by atoms with Crippen LogP contribution in [-0.2, 0) is 20.7 Å². The van der Waals surface area contributed by atoms with E-state index in [-0.39, 0.29) is 25.3 Å². The highest BCUT2D eigenvalue weighted by molar-refractivity contribution is 7.09. The Bertz CT molecular complexity index is 855. The fraction of sp³-hybridized carbons (Fsp3) is 0.300. The number of nitrogens with one attached hydrogen (secondary N) is 1. The third-order valence-electron chi connectivity index (χ3n) is 4.44. The Morgan fingerprint density at radius 2 is 2.07 bits per heavy atom. The zero-order valence-corrected chi connectivity index (χ0v) is 15.9. The molecule has 28 heavy (non-hydrogen) atoms. The van der Waals surface area contributed by atoms with Crippen LogP contribution in [0.25, 0.3) is 0 Å². The van der Waals surface area contributed by atoms with Crippen molar-refractivity contribution in [1.29, 1.82) is 0 Å². The second-order valence-corrected chi connectivity index (χ2v) is 7.41. The van der Waals surface area contributed by atoms with Crippen LogP contribution in [0.5, 0.6) is 5.75 Å². The Labute approximate surface area is 166 Å². The Kier molecular flexibility index (Phi) is 6.45. The summed E-state index contributed by atoms with van der Waals surface area (Å²) < 4.78 is 11.7. The molecule has 3 N–H and O–H groups in total. The maximum Gasteiger partial charge on any atom is 0.334 e. The topological polar surface area (TPSA) is 105 Å². The highest BCUT2D eigenvalue weighted by atomic mass is 32.1.